The first-order valence-corrected chi connectivity index (χ1v) is 12.4. The third kappa shape index (κ3) is 6.50. The molecule has 5 heteroatoms. The number of nitrogens with one attached hydrogen (secondary N) is 1. The average Bonchev–Trinajstić information content (AvgIpc) is 3.29. The van der Waals surface area contributed by atoms with Crippen LogP contribution in [-0.4, -0.2) is 41.6 Å². The highest BCUT2D eigenvalue weighted by atomic mass is 19.1. The Kier molecular flexibility index (Phi) is 7.92. The van der Waals surface area contributed by atoms with E-state index < -0.39 is 0 Å². The van der Waals surface area contributed by atoms with Crippen LogP contribution in [0.5, 0.6) is 5.75 Å². The van der Waals surface area contributed by atoms with Gasteiger partial charge >= 0.3 is 0 Å². The molecule has 2 aliphatic rings. The van der Waals surface area contributed by atoms with Crippen molar-refractivity contribution in [2.24, 2.45) is 5.92 Å². The van der Waals surface area contributed by atoms with Crippen LogP contribution >= 0.6 is 0 Å². The van der Waals surface area contributed by atoms with Crippen molar-refractivity contribution in [3.63, 3.8) is 0 Å². The molecule has 2 atom stereocenters. The molecule has 0 bridgehead atoms. The number of fused-ring (bicyclic) bond motifs is 1. The summed E-state index contributed by atoms with van der Waals surface area (Å²) in [5.74, 6) is 2.17. The zero-order valence-electron chi connectivity index (χ0n) is 20.1. The molecular weight excluding hydrogens is 413 g/mol. The van der Waals surface area contributed by atoms with Crippen LogP contribution in [0.3, 0.4) is 0 Å². The topological polar surface area (TPSA) is 27.7 Å². The van der Waals surface area contributed by atoms with Crippen molar-refractivity contribution in [3.8, 4) is 5.75 Å². The van der Waals surface area contributed by atoms with E-state index >= 15 is 0 Å². The molecular formula is C28H38FN3O. The predicted octanol–water partition coefficient (Wildman–Crippen LogP) is 5.55. The second-order valence-corrected chi connectivity index (χ2v) is 9.91. The summed E-state index contributed by atoms with van der Waals surface area (Å²) < 4.78 is 19.2. The van der Waals surface area contributed by atoms with E-state index in [-0.39, 0.29) is 5.82 Å². The largest absolute Gasteiger partial charge is 0.493 e. The van der Waals surface area contributed by atoms with Crippen molar-refractivity contribution >= 4 is 0 Å². The van der Waals surface area contributed by atoms with Crippen LogP contribution in [-0.2, 0) is 13.1 Å². The number of rotatable bonds is 10. The Bertz CT molecular complexity index is 896. The number of ether oxygens (including phenoxy) is 1. The summed E-state index contributed by atoms with van der Waals surface area (Å²) in [4.78, 5) is 5.05. The molecule has 2 aliphatic heterocycles. The van der Waals surface area contributed by atoms with Crippen LogP contribution < -0.4 is 10.1 Å². The second-order valence-electron chi connectivity index (χ2n) is 9.91. The molecule has 2 saturated heterocycles. The van der Waals surface area contributed by atoms with Crippen LogP contribution in [0.2, 0.25) is 0 Å². The van der Waals surface area contributed by atoms with Crippen molar-refractivity contribution in [2.45, 2.75) is 64.7 Å². The molecule has 2 heterocycles. The number of nitrogens with zero attached hydrogens (tertiary/aromatic N) is 2. The summed E-state index contributed by atoms with van der Waals surface area (Å²) in [6.07, 6.45) is 4.92. The lowest BCUT2D eigenvalue weighted by molar-refractivity contribution is 0.0998. The van der Waals surface area contributed by atoms with Crippen molar-refractivity contribution in [1.82, 2.24) is 15.1 Å². The highest BCUT2D eigenvalue weighted by Crippen LogP contribution is 2.31. The van der Waals surface area contributed by atoms with Gasteiger partial charge in [0.15, 0.2) is 0 Å². The fourth-order valence-corrected chi connectivity index (χ4v) is 4.99. The van der Waals surface area contributed by atoms with Crippen LogP contribution in [0.1, 0.15) is 50.7 Å². The molecule has 0 amide bonds. The van der Waals surface area contributed by atoms with Crippen molar-refractivity contribution in [2.75, 3.05) is 19.7 Å². The Morgan fingerprint density at radius 1 is 1.09 bits per heavy atom. The van der Waals surface area contributed by atoms with Gasteiger partial charge in [-0.15, -0.1) is 0 Å². The first-order chi connectivity index (χ1) is 16.0. The quantitative estimate of drug-likeness (QED) is 0.513. The molecule has 0 spiro atoms. The SMILES string of the molecule is C=C(NCc1ccc(OCC(C)C)cc1)N(Cc1ccc(F)cc1)[C@H]1CCN2CCCC2C1. The highest BCUT2D eigenvalue weighted by Gasteiger charge is 2.34. The van der Waals surface area contributed by atoms with E-state index in [9.17, 15) is 4.39 Å². The van der Waals surface area contributed by atoms with E-state index in [0.717, 1.165) is 43.3 Å². The Labute approximate surface area is 198 Å². The zero-order chi connectivity index (χ0) is 23.2. The lowest BCUT2D eigenvalue weighted by Crippen LogP contribution is -2.48. The van der Waals surface area contributed by atoms with E-state index in [1.165, 1.54) is 31.4 Å². The van der Waals surface area contributed by atoms with E-state index in [4.69, 9.17) is 4.74 Å². The van der Waals surface area contributed by atoms with Gasteiger partial charge in [0.1, 0.15) is 11.6 Å². The Morgan fingerprint density at radius 3 is 2.55 bits per heavy atom. The lowest BCUT2D eigenvalue weighted by Gasteiger charge is -2.42. The number of piperidine rings is 1. The molecule has 0 aromatic heterocycles. The monoisotopic (exact) mass is 451 g/mol. The third-order valence-corrected chi connectivity index (χ3v) is 6.85. The zero-order valence-corrected chi connectivity index (χ0v) is 20.1. The van der Waals surface area contributed by atoms with Gasteiger partial charge in [-0.3, -0.25) is 0 Å². The lowest BCUT2D eigenvalue weighted by atomic mass is 9.95. The Morgan fingerprint density at radius 2 is 1.82 bits per heavy atom. The number of hydrogen-bond donors (Lipinski definition) is 1. The molecule has 0 saturated carbocycles. The van der Waals surface area contributed by atoms with Gasteiger partial charge in [-0.25, -0.2) is 4.39 Å². The summed E-state index contributed by atoms with van der Waals surface area (Å²) in [5, 5.41) is 3.56. The molecule has 178 valence electrons. The van der Waals surface area contributed by atoms with Gasteiger partial charge in [-0.1, -0.05) is 44.7 Å². The summed E-state index contributed by atoms with van der Waals surface area (Å²) in [5.41, 5.74) is 2.31. The van der Waals surface area contributed by atoms with E-state index in [0.29, 0.717) is 24.5 Å². The standard InChI is InChI=1S/C28H38FN3O/c1-21(2)20-33-28-12-8-23(9-13-28)18-30-22(3)32(19-24-6-10-25(29)11-7-24)27-14-16-31-15-4-5-26(31)17-27/h6-13,21,26-27,30H,3-5,14-20H2,1-2H3/t26?,27-/m0/s1. The maximum atomic E-state index is 13.5. The number of benzene rings is 2. The Balaban J connectivity index is 1.39. The van der Waals surface area contributed by atoms with Gasteiger partial charge in [0.05, 0.1) is 12.4 Å². The predicted molar refractivity (Wildman–Crippen MR) is 132 cm³/mol. The van der Waals surface area contributed by atoms with E-state index in [1.807, 2.05) is 24.3 Å². The molecule has 0 radical (unpaired) electrons. The van der Waals surface area contributed by atoms with Gasteiger partial charge in [-0.2, -0.15) is 0 Å². The van der Waals surface area contributed by atoms with Crippen LogP contribution in [0.15, 0.2) is 60.9 Å². The fraction of sp³-hybridized carbons (Fsp3) is 0.500. The van der Waals surface area contributed by atoms with Crippen molar-refractivity contribution in [1.29, 1.82) is 0 Å². The molecule has 4 nitrogen and oxygen atoms in total. The minimum Gasteiger partial charge on any atom is -0.493 e. The second kappa shape index (κ2) is 11.1. The van der Waals surface area contributed by atoms with E-state index in [2.05, 4.69) is 47.7 Å². The van der Waals surface area contributed by atoms with Crippen molar-refractivity contribution in [3.05, 3.63) is 77.9 Å². The van der Waals surface area contributed by atoms with Gasteiger partial charge in [-0.05, 0) is 73.5 Å². The minimum absolute atomic E-state index is 0.192. The summed E-state index contributed by atoms with van der Waals surface area (Å²) >= 11 is 0. The first kappa shape index (κ1) is 23.6. The summed E-state index contributed by atoms with van der Waals surface area (Å²) in [6, 6.07) is 16.3. The van der Waals surface area contributed by atoms with Gasteiger partial charge < -0.3 is 19.9 Å². The highest BCUT2D eigenvalue weighted by molar-refractivity contribution is 5.27. The number of hydrogen-bond acceptors (Lipinski definition) is 4. The molecule has 2 fully saturated rings. The minimum atomic E-state index is -0.192. The number of halogens is 1. The maximum absolute atomic E-state index is 13.5. The average molecular weight is 452 g/mol. The summed E-state index contributed by atoms with van der Waals surface area (Å²) in [6.45, 7) is 13.3. The van der Waals surface area contributed by atoms with Gasteiger partial charge in [0, 0.05) is 31.7 Å². The smallest absolute Gasteiger partial charge is 0.123 e. The van der Waals surface area contributed by atoms with Crippen molar-refractivity contribution < 1.29 is 9.13 Å². The van der Waals surface area contributed by atoms with Gasteiger partial charge in [0.2, 0.25) is 0 Å². The third-order valence-electron chi connectivity index (χ3n) is 6.85. The molecule has 0 aliphatic carbocycles. The molecule has 4 rings (SSSR count). The van der Waals surface area contributed by atoms with Gasteiger partial charge in [0.25, 0.3) is 0 Å². The molecule has 2 aromatic rings. The summed E-state index contributed by atoms with van der Waals surface area (Å²) in [7, 11) is 0. The Hall–Kier alpha value is -2.53. The van der Waals surface area contributed by atoms with E-state index in [1.54, 1.807) is 12.1 Å². The molecule has 33 heavy (non-hydrogen) atoms. The molecule has 2 aromatic carbocycles. The fourth-order valence-electron chi connectivity index (χ4n) is 4.99. The molecule has 1 unspecified atom stereocenters. The normalized spacial score (nSPS) is 20.5. The maximum Gasteiger partial charge on any atom is 0.123 e. The van der Waals surface area contributed by atoms with Crippen LogP contribution in [0.4, 0.5) is 4.39 Å². The first-order valence-electron chi connectivity index (χ1n) is 12.4. The molecule has 1 N–H and O–H groups in total. The van der Waals surface area contributed by atoms with Crippen LogP contribution in [0.25, 0.3) is 0 Å². The van der Waals surface area contributed by atoms with Crippen LogP contribution in [0, 0.1) is 11.7 Å².